The summed E-state index contributed by atoms with van der Waals surface area (Å²) in [5.41, 5.74) is 0. The third kappa shape index (κ3) is 19.4. The Morgan fingerprint density at radius 2 is 1.96 bits per heavy atom. The van der Waals surface area contributed by atoms with Crippen molar-refractivity contribution in [3.8, 4) is 11.8 Å². The lowest BCUT2D eigenvalue weighted by Crippen LogP contribution is -2.36. The third-order valence-corrected chi connectivity index (χ3v) is 4.68. The van der Waals surface area contributed by atoms with Gasteiger partial charge >= 0.3 is 6.03 Å². The Morgan fingerprint density at radius 3 is 2.70 bits per heavy atom. The van der Waals surface area contributed by atoms with E-state index in [-0.39, 0.29) is 6.03 Å². The molecule has 0 saturated heterocycles. The summed E-state index contributed by atoms with van der Waals surface area (Å²) in [6.07, 6.45) is 2.69. The molecule has 0 heterocycles. The highest BCUT2D eigenvalue weighted by Crippen LogP contribution is 2.20. The first-order valence-corrected chi connectivity index (χ1v) is 10.7. The zero-order valence-electron chi connectivity index (χ0n) is 14.6. The van der Waals surface area contributed by atoms with Crippen molar-refractivity contribution in [2.45, 2.75) is 46.1 Å². The van der Waals surface area contributed by atoms with Crippen LogP contribution in [0.1, 0.15) is 40.0 Å². The number of carbonyl (C=O) groups is 1. The van der Waals surface area contributed by atoms with E-state index in [4.69, 9.17) is 4.74 Å². The molecule has 0 spiro atoms. The highest BCUT2D eigenvalue weighted by molar-refractivity contribution is 8.76. The minimum absolute atomic E-state index is 0.154. The molecule has 0 aliphatic rings. The van der Waals surface area contributed by atoms with Crippen molar-refractivity contribution in [3.05, 3.63) is 0 Å². The van der Waals surface area contributed by atoms with Gasteiger partial charge in [-0.05, 0) is 12.8 Å². The summed E-state index contributed by atoms with van der Waals surface area (Å²) in [6.45, 7) is 9.13. The molecule has 134 valence electrons. The van der Waals surface area contributed by atoms with E-state index in [1.807, 2.05) is 17.7 Å². The van der Waals surface area contributed by atoms with Crippen LogP contribution in [0.2, 0.25) is 0 Å². The maximum Gasteiger partial charge on any atom is 0.315 e. The Kier molecular flexibility index (Phi) is 17.4. The van der Waals surface area contributed by atoms with Gasteiger partial charge in [0.15, 0.2) is 0 Å². The predicted molar refractivity (Wildman–Crippen MR) is 103 cm³/mol. The van der Waals surface area contributed by atoms with Gasteiger partial charge in [0.25, 0.3) is 0 Å². The molecule has 23 heavy (non-hydrogen) atoms. The number of nitrogens with one attached hydrogen (secondary N) is 3. The lowest BCUT2D eigenvalue weighted by atomic mass is 10.3. The molecule has 0 aliphatic carbocycles. The summed E-state index contributed by atoms with van der Waals surface area (Å²) >= 11 is 0. The number of carbonyl (C=O) groups excluding carboxylic acids is 1. The number of hydrogen-bond acceptors (Lipinski definition) is 5. The molecule has 0 rings (SSSR count). The minimum Gasteiger partial charge on any atom is -0.370 e. The SMILES string of the molecule is CCC#CCNC(=O)NCCCCOCSSCCNC(C)C. The number of unbranched alkanes of at least 4 members (excludes halogenated alkanes) is 1. The first-order valence-electron chi connectivity index (χ1n) is 8.19. The fraction of sp³-hybridized carbons (Fsp3) is 0.812. The van der Waals surface area contributed by atoms with E-state index in [0.29, 0.717) is 19.1 Å². The number of hydrogen-bond donors (Lipinski definition) is 3. The van der Waals surface area contributed by atoms with Crippen LogP contribution in [0.15, 0.2) is 0 Å². The molecule has 0 aromatic rings. The summed E-state index contributed by atoms with van der Waals surface area (Å²) < 4.78 is 5.54. The summed E-state index contributed by atoms with van der Waals surface area (Å²) in [4.78, 5) is 11.4. The van der Waals surface area contributed by atoms with Gasteiger partial charge in [-0.15, -0.1) is 5.92 Å². The number of ether oxygens (including phenoxy) is 1. The lowest BCUT2D eigenvalue weighted by Gasteiger charge is -2.07. The van der Waals surface area contributed by atoms with Crippen molar-refractivity contribution >= 4 is 27.6 Å². The van der Waals surface area contributed by atoms with E-state index in [1.165, 1.54) is 0 Å². The van der Waals surface area contributed by atoms with Gasteiger partial charge in [-0.3, -0.25) is 0 Å². The molecule has 0 aromatic carbocycles. The molecule has 0 radical (unpaired) electrons. The Bertz CT molecular complexity index is 344. The summed E-state index contributed by atoms with van der Waals surface area (Å²) in [6, 6.07) is 0.398. The monoisotopic (exact) mass is 361 g/mol. The fourth-order valence-electron chi connectivity index (χ4n) is 1.48. The minimum atomic E-state index is -0.154. The zero-order chi connectivity index (χ0) is 17.2. The Hall–Kier alpha value is -0.550. The van der Waals surface area contributed by atoms with E-state index >= 15 is 0 Å². The molecule has 0 fully saturated rings. The van der Waals surface area contributed by atoms with Crippen LogP contribution in [0.25, 0.3) is 0 Å². The van der Waals surface area contributed by atoms with E-state index in [1.54, 1.807) is 10.8 Å². The molecular formula is C16H31N3O2S2. The van der Waals surface area contributed by atoms with Gasteiger partial charge in [0, 0.05) is 37.9 Å². The average Bonchev–Trinajstić information content (AvgIpc) is 2.52. The summed E-state index contributed by atoms with van der Waals surface area (Å²) in [7, 11) is 3.58. The summed E-state index contributed by atoms with van der Waals surface area (Å²) in [5.74, 6) is 7.58. The standard InChI is InChI=1S/C16H31N3O2S2/c1-4-5-6-9-18-16(20)19-10-7-8-12-21-14-23-22-13-11-17-15(2)3/h15,17H,4,7-14H2,1-3H3,(H2,18,19,20). The van der Waals surface area contributed by atoms with Gasteiger partial charge < -0.3 is 20.7 Å². The zero-order valence-corrected chi connectivity index (χ0v) is 16.2. The highest BCUT2D eigenvalue weighted by Gasteiger charge is 1.97. The average molecular weight is 362 g/mol. The Balaban J connectivity index is 3.17. The molecule has 5 nitrogen and oxygen atoms in total. The number of amides is 2. The van der Waals surface area contributed by atoms with E-state index < -0.39 is 0 Å². The van der Waals surface area contributed by atoms with Crippen molar-refractivity contribution in [2.24, 2.45) is 0 Å². The Labute approximate surface area is 149 Å². The van der Waals surface area contributed by atoms with Crippen molar-refractivity contribution in [2.75, 3.05) is 37.9 Å². The van der Waals surface area contributed by atoms with Crippen LogP contribution in [-0.2, 0) is 4.74 Å². The number of rotatable bonds is 13. The topological polar surface area (TPSA) is 62.4 Å². The highest BCUT2D eigenvalue weighted by atomic mass is 33.1. The van der Waals surface area contributed by atoms with E-state index in [9.17, 15) is 4.79 Å². The van der Waals surface area contributed by atoms with Gasteiger partial charge in [0.1, 0.15) is 5.94 Å². The van der Waals surface area contributed by atoms with E-state index in [2.05, 4.69) is 41.6 Å². The normalized spacial score (nSPS) is 10.3. The van der Waals surface area contributed by atoms with Crippen LogP contribution < -0.4 is 16.0 Å². The second-order valence-corrected chi connectivity index (χ2v) is 7.63. The van der Waals surface area contributed by atoms with Crippen LogP contribution in [-0.4, -0.2) is 50.0 Å². The molecular weight excluding hydrogens is 330 g/mol. The van der Waals surface area contributed by atoms with Gasteiger partial charge in [-0.1, -0.05) is 48.3 Å². The molecule has 0 saturated carbocycles. The molecule has 0 atom stereocenters. The smallest absolute Gasteiger partial charge is 0.315 e. The quantitative estimate of drug-likeness (QED) is 0.204. The maximum atomic E-state index is 11.4. The largest absolute Gasteiger partial charge is 0.370 e. The molecule has 0 unspecified atom stereocenters. The maximum absolute atomic E-state index is 11.4. The third-order valence-electron chi connectivity index (χ3n) is 2.59. The van der Waals surface area contributed by atoms with Gasteiger partial charge in [0.2, 0.25) is 0 Å². The summed E-state index contributed by atoms with van der Waals surface area (Å²) in [5, 5.41) is 8.87. The molecule has 0 aromatic heterocycles. The predicted octanol–water partition coefficient (Wildman–Crippen LogP) is 2.83. The molecule has 2 amide bonds. The second kappa shape index (κ2) is 17.8. The Morgan fingerprint density at radius 1 is 1.13 bits per heavy atom. The molecule has 7 heteroatoms. The van der Waals surface area contributed by atoms with E-state index in [0.717, 1.165) is 44.1 Å². The van der Waals surface area contributed by atoms with Crippen molar-refractivity contribution < 1.29 is 9.53 Å². The van der Waals surface area contributed by atoms with Crippen molar-refractivity contribution in [1.29, 1.82) is 0 Å². The van der Waals surface area contributed by atoms with Gasteiger partial charge in [-0.2, -0.15) is 0 Å². The van der Waals surface area contributed by atoms with Crippen LogP contribution in [0.4, 0.5) is 4.79 Å². The molecule has 3 N–H and O–H groups in total. The van der Waals surface area contributed by atoms with Gasteiger partial charge in [0.05, 0.1) is 6.54 Å². The van der Waals surface area contributed by atoms with Crippen LogP contribution in [0.5, 0.6) is 0 Å². The van der Waals surface area contributed by atoms with Crippen molar-refractivity contribution in [3.63, 3.8) is 0 Å². The fourth-order valence-corrected chi connectivity index (χ4v) is 3.07. The van der Waals surface area contributed by atoms with Crippen LogP contribution in [0, 0.1) is 11.8 Å². The number of urea groups is 1. The van der Waals surface area contributed by atoms with Gasteiger partial charge in [-0.25, -0.2) is 4.79 Å². The first-order chi connectivity index (χ1) is 11.2. The second-order valence-electron chi connectivity index (χ2n) is 5.10. The molecule has 0 bridgehead atoms. The van der Waals surface area contributed by atoms with Crippen LogP contribution >= 0.6 is 21.6 Å². The van der Waals surface area contributed by atoms with Crippen LogP contribution in [0.3, 0.4) is 0 Å². The first kappa shape index (κ1) is 22.4. The van der Waals surface area contributed by atoms with Crippen molar-refractivity contribution in [1.82, 2.24) is 16.0 Å². The lowest BCUT2D eigenvalue weighted by molar-refractivity contribution is 0.178. The molecule has 0 aliphatic heterocycles.